The molecule has 2 N–H and O–H groups in total. The predicted molar refractivity (Wildman–Crippen MR) is 110 cm³/mol. The molecule has 1 aromatic carbocycles. The van der Waals surface area contributed by atoms with Crippen molar-refractivity contribution >= 4 is 44.9 Å². The molecule has 3 heterocycles. The highest BCUT2D eigenvalue weighted by Gasteiger charge is 2.27. The molecule has 5 nitrogen and oxygen atoms in total. The second kappa shape index (κ2) is 7.77. The highest BCUT2D eigenvalue weighted by molar-refractivity contribution is 7.99. The third-order valence-electron chi connectivity index (χ3n) is 4.82. The van der Waals surface area contributed by atoms with Crippen molar-refractivity contribution in [2.24, 2.45) is 5.92 Å². The SMILES string of the molecule is CC(C)[C@@H]1Cc2c(sc3nc(SCC(=O)c4ccc(F)cc4)nc(N)c23)CO1. The van der Waals surface area contributed by atoms with Gasteiger partial charge in [0.1, 0.15) is 16.5 Å². The molecule has 0 spiro atoms. The number of anilines is 1. The molecule has 3 aromatic rings. The third kappa shape index (κ3) is 3.76. The van der Waals surface area contributed by atoms with Gasteiger partial charge in [-0.3, -0.25) is 4.79 Å². The number of ether oxygens (including phenoxy) is 1. The fraction of sp³-hybridized carbons (Fsp3) is 0.350. The maximum Gasteiger partial charge on any atom is 0.191 e. The number of hydrogen-bond donors (Lipinski definition) is 1. The molecule has 0 amide bonds. The number of thiophene rings is 1. The Morgan fingerprint density at radius 2 is 2.11 bits per heavy atom. The first kappa shape index (κ1) is 19.3. The third-order valence-corrected chi connectivity index (χ3v) is 6.76. The van der Waals surface area contributed by atoms with Gasteiger partial charge in [-0.2, -0.15) is 0 Å². The first-order chi connectivity index (χ1) is 13.4. The van der Waals surface area contributed by atoms with E-state index in [1.165, 1.54) is 41.6 Å². The van der Waals surface area contributed by atoms with Gasteiger partial charge in [0.25, 0.3) is 0 Å². The Hall–Kier alpha value is -2.03. The molecule has 0 saturated carbocycles. The number of nitrogens with zero attached hydrogens (tertiary/aromatic N) is 2. The van der Waals surface area contributed by atoms with E-state index in [1.54, 1.807) is 11.3 Å². The van der Waals surface area contributed by atoms with Gasteiger partial charge in [0.15, 0.2) is 10.9 Å². The van der Waals surface area contributed by atoms with E-state index in [4.69, 9.17) is 10.5 Å². The Bertz CT molecular complexity index is 1030. The lowest BCUT2D eigenvalue weighted by Gasteiger charge is -2.26. The Kier molecular flexibility index (Phi) is 5.35. The number of rotatable bonds is 5. The van der Waals surface area contributed by atoms with Crippen LogP contribution >= 0.6 is 23.1 Å². The number of ketones is 1. The number of Topliss-reactive ketones (excluding diaryl/α,β-unsaturated/α-hetero) is 1. The summed E-state index contributed by atoms with van der Waals surface area (Å²) in [7, 11) is 0. The Morgan fingerprint density at radius 3 is 2.82 bits per heavy atom. The molecule has 8 heteroatoms. The molecule has 0 bridgehead atoms. The Morgan fingerprint density at radius 1 is 1.36 bits per heavy atom. The molecule has 4 rings (SSSR count). The van der Waals surface area contributed by atoms with Crippen molar-refractivity contribution in [2.45, 2.75) is 38.1 Å². The lowest BCUT2D eigenvalue weighted by Crippen LogP contribution is -2.26. The number of thioether (sulfide) groups is 1. The molecule has 2 aromatic heterocycles. The van der Waals surface area contributed by atoms with Crippen LogP contribution in [0.3, 0.4) is 0 Å². The molecule has 1 aliphatic rings. The van der Waals surface area contributed by atoms with Crippen LogP contribution in [-0.4, -0.2) is 27.6 Å². The molecule has 1 aliphatic heterocycles. The molecule has 1 atom stereocenters. The van der Waals surface area contributed by atoms with Gasteiger partial charge in [-0.15, -0.1) is 11.3 Å². The second-order valence-electron chi connectivity index (χ2n) is 7.09. The number of carbonyl (C=O) groups is 1. The maximum absolute atomic E-state index is 13.0. The van der Waals surface area contributed by atoms with Crippen LogP contribution in [0, 0.1) is 11.7 Å². The van der Waals surface area contributed by atoms with Gasteiger partial charge in [-0.25, -0.2) is 14.4 Å². The molecular weight excluding hydrogens is 397 g/mol. The van der Waals surface area contributed by atoms with Crippen LogP contribution in [-0.2, 0) is 17.8 Å². The molecule has 0 saturated heterocycles. The fourth-order valence-electron chi connectivity index (χ4n) is 3.23. The minimum absolute atomic E-state index is 0.106. The van der Waals surface area contributed by atoms with E-state index in [0.29, 0.717) is 29.1 Å². The lowest BCUT2D eigenvalue weighted by molar-refractivity contribution is 0.00203. The Balaban J connectivity index is 1.55. The van der Waals surface area contributed by atoms with Crippen molar-refractivity contribution in [3.63, 3.8) is 0 Å². The maximum atomic E-state index is 13.0. The number of fused-ring (bicyclic) bond motifs is 3. The zero-order valence-corrected chi connectivity index (χ0v) is 17.2. The first-order valence-corrected chi connectivity index (χ1v) is 10.8. The standard InChI is InChI=1S/C20H20FN3O2S2/c1-10(2)15-7-13-16(8-26-15)28-19-17(13)18(22)23-20(24-19)27-9-14(25)11-3-5-12(21)6-4-11/h3-6,10,15H,7-9H2,1-2H3,(H2,22,23,24)/t15-/m0/s1. The van der Waals surface area contributed by atoms with Gasteiger partial charge in [-0.1, -0.05) is 25.6 Å². The predicted octanol–water partition coefficient (Wildman–Crippen LogP) is 4.48. The van der Waals surface area contributed by atoms with Crippen molar-refractivity contribution in [3.05, 3.63) is 46.1 Å². The number of carbonyl (C=O) groups excluding carboxylic acids is 1. The van der Waals surface area contributed by atoms with Crippen molar-refractivity contribution in [1.29, 1.82) is 0 Å². The molecule has 0 radical (unpaired) electrons. The van der Waals surface area contributed by atoms with E-state index in [1.807, 2.05) is 0 Å². The monoisotopic (exact) mass is 417 g/mol. The number of nitrogen functional groups attached to an aromatic ring is 1. The van der Waals surface area contributed by atoms with E-state index < -0.39 is 0 Å². The average Bonchev–Trinajstić information content (AvgIpc) is 3.04. The van der Waals surface area contributed by atoms with Crippen molar-refractivity contribution in [3.8, 4) is 0 Å². The highest BCUT2D eigenvalue weighted by atomic mass is 32.2. The van der Waals surface area contributed by atoms with Crippen LogP contribution in [0.15, 0.2) is 29.4 Å². The lowest BCUT2D eigenvalue weighted by atomic mass is 9.96. The van der Waals surface area contributed by atoms with Gasteiger partial charge in [0, 0.05) is 16.9 Å². The molecule has 0 unspecified atom stereocenters. The van der Waals surface area contributed by atoms with Gasteiger partial charge < -0.3 is 10.5 Å². The number of nitrogens with two attached hydrogens (primary N) is 1. The minimum Gasteiger partial charge on any atom is -0.383 e. The summed E-state index contributed by atoms with van der Waals surface area (Å²) < 4.78 is 18.9. The van der Waals surface area contributed by atoms with E-state index in [2.05, 4.69) is 23.8 Å². The zero-order chi connectivity index (χ0) is 19.8. The van der Waals surface area contributed by atoms with Crippen LogP contribution in [0.5, 0.6) is 0 Å². The summed E-state index contributed by atoms with van der Waals surface area (Å²) in [6, 6.07) is 5.52. The van der Waals surface area contributed by atoms with Crippen LogP contribution in [0.2, 0.25) is 0 Å². The Labute approximate surface area is 170 Å². The molecule has 0 fully saturated rings. The van der Waals surface area contributed by atoms with Crippen LogP contribution in [0.25, 0.3) is 10.2 Å². The first-order valence-electron chi connectivity index (χ1n) is 9.03. The summed E-state index contributed by atoms with van der Waals surface area (Å²) in [5.41, 5.74) is 7.92. The minimum atomic E-state index is -0.365. The number of halogens is 1. The van der Waals surface area contributed by atoms with E-state index in [0.717, 1.165) is 21.5 Å². The van der Waals surface area contributed by atoms with Crippen LogP contribution < -0.4 is 5.73 Å². The van der Waals surface area contributed by atoms with Crippen molar-refractivity contribution in [2.75, 3.05) is 11.5 Å². The summed E-state index contributed by atoms with van der Waals surface area (Å²) in [6.45, 7) is 4.87. The fourth-order valence-corrected chi connectivity index (χ4v) is 5.16. The molecular formula is C20H20FN3O2S2. The highest BCUT2D eigenvalue weighted by Crippen LogP contribution is 2.39. The van der Waals surface area contributed by atoms with Gasteiger partial charge in [0.05, 0.1) is 23.8 Å². The van der Waals surface area contributed by atoms with Crippen molar-refractivity contribution < 1.29 is 13.9 Å². The number of hydrogen-bond acceptors (Lipinski definition) is 7. The van der Waals surface area contributed by atoms with Gasteiger partial charge >= 0.3 is 0 Å². The molecule has 28 heavy (non-hydrogen) atoms. The summed E-state index contributed by atoms with van der Waals surface area (Å²) in [4.78, 5) is 23.3. The summed E-state index contributed by atoms with van der Waals surface area (Å²) in [5.74, 6) is 0.573. The quantitative estimate of drug-likeness (QED) is 0.375. The smallest absolute Gasteiger partial charge is 0.191 e. The van der Waals surface area contributed by atoms with E-state index >= 15 is 0 Å². The summed E-state index contributed by atoms with van der Waals surface area (Å²) in [5, 5.41) is 1.39. The van der Waals surface area contributed by atoms with Crippen molar-refractivity contribution in [1.82, 2.24) is 9.97 Å². The summed E-state index contributed by atoms with van der Waals surface area (Å²) in [6.07, 6.45) is 0.989. The largest absolute Gasteiger partial charge is 0.383 e. The zero-order valence-electron chi connectivity index (χ0n) is 15.6. The van der Waals surface area contributed by atoms with E-state index in [-0.39, 0.29) is 23.5 Å². The average molecular weight is 418 g/mol. The van der Waals surface area contributed by atoms with Gasteiger partial charge in [-0.05, 0) is 35.7 Å². The topological polar surface area (TPSA) is 78.1 Å². The second-order valence-corrected chi connectivity index (χ2v) is 9.12. The van der Waals surface area contributed by atoms with E-state index in [9.17, 15) is 9.18 Å². The normalized spacial score (nSPS) is 16.5. The van der Waals surface area contributed by atoms with Gasteiger partial charge in [0.2, 0.25) is 0 Å². The van der Waals surface area contributed by atoms with Crippen LogP contribution in [0.1, 0.15) is 34.6 Å². The number of aromatic nitrogens is 2. The summed E-state index contributed by atoms with van der Waals surface area (Å²) >= 11 is 2.82. The molecule has 146 valence electrons. The molecule has 0 aliphatic carbocycles. The van der Waals surface area contributed by atoms with Crippen LogP contribution in [0.4, 0.5) is 10.2 Å². The number of benzene rings is 1.